The largest absolute Gasteiger partial charge is 0.369 e. The van der Waals surface area contributed by atoms with Crippen LogP contribution < -0.4 is 0 Å². The van der Waals surface area contributed by atoms with Gasteiger partial charge in [0.15, 0.2) is 0 Å². The van der Waals surface area contributed by atoms with E-state index < -0.39 is 0 Å². The SMILES string of the molecule is C1CC2OC1C1OC21. The van der Waals surface area contributed by atoms with Gasteiger partial charge in [0.2, 0.25) is 0 Å². The minimum absolute atomic E-state index is 0.491. The number of rotatable bonds is 0. The van der Waals surface area contributed by atoms with Crippen molar-refractivity contribution < 1.29 is 9.47 Å². The monoisotopic (exact) mass is 112 g/mol. The molecule has 4 atom stereocenters. The van der Waals surface area contributed by atoms with Crippen LogP contribution in [-0.4, -0.2) is 24.4 Å². The van der Waals surface area contributed by atoms with Crippen LogP contribution in [0.25, 0.3) is 0 Å². The van der Waals surface area contributed by atoms with Crippen LogP contribution in [0.4, 0.5) is 0 Å². The van der Waals surface area contributed by atoms with Crippen LogP contribution in [0, 0.1) is 0 Å². The molecule has 3 saturated heterocycles. The smallest absolute Gasteiger partial charge is 0.113 e. The maximum Gasteiger partial charge on any atom is 0.113 e. The Morgan fingerprint density at radius 3 is 1.88 bits per heavy atom. The topological polar surface area (TPSA) is 21.8 Å². The predicted octanol–water partition coefficient (Wildman–Crippen LogP) is 0.315. The molecule has 0 saturated carbocycles. The molecular formula is C6H8O2. The van der Waals surface area contributed by atoms with Gasteiger partial charge >= 0.3 is 0 Å². The first kappa shape index (κ1) is 3.85. The second-order valence-electron chi connectivity index (χ2n) is 2.86. The number of hydrogen-bond acceptors (Lipinski definition) is 2. The number of fused-ring (bicyclic) bond motifs is 5. The third-order valence-corrected chi connectivity index (χ3v) is 2.38. The van der Waals surface area contributed by atoms with Crippen LogP contribution in [-0.2, 0) is 9.47 Å². The van der Waals surface area contributed by atoms with E-state index in [1.54, 1.807) is 0 Å². The van der Waals surface area contributed by atoms with Gasteiger partial charge < -0.3 is 9.47 Å². The molecule has 2 nitrogen and oxygen atoms in total. The molecule has 4 unspecified atom stereocenters. The highest BCUT2D eigenvalue weighted by molar-refractivity contribution is 5.07. The average Bonchev–Trinajstić information content (AvgIpc) is 2.39. The van der Waals surface area contributed by atoms with Gasteiger partial charge in [0.05, 0.1) is 12.2 Å². The van der Waals surface area contributed by atoms with Crippen molar-refractivity contribution in [1.29, 1.82) is 0 Å². The van der Waals surface area contributed by atoms with Crippen molar-refractivity contribution in [1.82, 2.24) is 0 Å². The summed E-state index contributed by atoms with van der Waals surface area (Å²) in [7, 11) is 0. The van der Waals surface area contributed by atoms with E-state index >= 15 is 0 Å². The standard InChI is InChI=1S/C6H8O2/c1-2-4-6-5(8-6)3(1)7-4/h3-6H,1-2H2. The van der Waals surface area contributed by atoms with E-state index in [2.05, 4.69) is 0 Å². The molecule has 3 fully saturated rings. The van der Waals surface area contributed by atoms with Crippen molar-refractivity contribution in [3.63, 3.8) is 0 Å². The summed E-state index contributed by atoms with van der Waals surface area (Å²) in [6.07, 6.45) is 4.51. The average molecular weight is 112 g/mol. The van der Waals surface area contributed by atoms with Crippen molar-refractivity contribution >= 4 is 0 Å². The molecule has 0 N–H and O–H groups in total. The summed E-state index contributed by atoms with van der Waals surface area (Å²) in [5.41, 5.74) is 0. The lowest BCUT2D eigenvalue weighted by Crippen LogP contribution is -2.11. The molecule has 3 aliphatic rings. The second-order valence-corrected chi connectivity index (χ2v) is 2.86. The van der Waals surface area contributed by atoms with Gasteiger partial charge in [-0.05, 0) is 12.8 Å². The number of ether oxygens (including phenoxy) is 2. The molecule has 0 spiro atoms. The Bertz CT molecular complexity index is 120. The van der Waals surface area contributed by atoms with Crippen molar-refractivity contribution in [2.24, 2.45) is 0 Å². The number of hydrogen-bond donors (Lipinski definition) is 0. The molecule has 3 heterocycles. The van der Waals surface area contributed by atoms with Crippen molar-refractivity contribution in [2.75, 3.05) is 0 Å². The first-order chi connectivity index (χ1) is 3.95. The van der Waals surface area contributed by atoms with Crippen molar-refractivity contribution in [3.8, 4) is 0 Å². The van der Waals surface area contributed by atoms with Crippen LogP contribution in [0.15, 0.2) is 0 Å². The van der Waals surface area contributed by atoms with Gasteiger partial charge in [0, 0.05) is 0 Å². The van der Waals surface area contributed by atoms with E-state index in [1.165, 1.54) is 12.8 Å². The predicted molar refractivity (Wildman–Crippen MR) is 26.6 cm³/mol. The maximum atomic E-state index is 5.51. The highest BCUT2D eigenvalue weighted by Gasteiger charge is 2.61. The molecule has 44 valence electrons. The minimum Gasteiger partial charge on any atom is -0.369 e. The molecule has 0 amide bonds. The molecular weight excluding hydrogens is 104 g/mol. The fraction of sp³-hybridized carbons (Fsp3) is 1.00. The molecule has 2 bridgehead atoms. The maximum absolute atomic E-state index is 5.51. The molecule has 3 rings (SSSR count). The molecule has 0 aromatic carbocycles. The van der Waals surface area contributed by atoms with Gasteiger partial charge in [-0.15, -0.1) is 0 Å². The van der Waals surface area contributed by atoms with Crippen LogP contribution >= 0.6 is 0 Å². The quantitative estimate of drug-likeness (QED) is 0.421. The lowest BCUT2D eigenvalue weighted by atomic mass is 10.0. The summed E-state index contributed by atoms with van der Waals surface area (Å²) in [6, 6.07) is 0. The summed E-state index contributed by atoms with van der Waals surface area (Å²) in [6.45, 7) is 0. The van der Waals surface area contributed by atoms with Gasteiger partial charge in [-0.25, -0.2) is 0 Å². The van der Waals surface area contributed by atoms with Crippen LogP contribution in [0.2, 0.25) is 0 Å². The van der Waals surface area contributed by atoms with Gasteiger partial charge in [-0.2, -0.15) is 0 Å². The van der Waals surface area contributed by atoms with Crippen LogP contribution in [0.3, 0.4) is 0 Å². The van der Waals surface area contributed by atoms with E-state index in [9.17, 15) is 0 Å². The molecule has 2 heteroatoms. The second kappa shape index (κ2) is 0.957. The van der Waals surface area contributed by atoms with E-state index in [0.29, 0.717) is 24.4 Å². The summed E-state index contributed by atoms with van der Waals surface area (Å²) in [5.74, 6) is 0. The highest BCUT2D eigenvalue weighted by Crippen LogP contribution is 2.47. The Kier molecular flexibility index (Phi) is 0.461. The minimum atomic E-state index is 0.491. The Labute approximate surface area is 47.8 Å². The van der Waals surface area contributed by atoms with Gasteiger partial charge in [-0.1, -0.05) is 0 Å². The lowest BCUT2D eigenvalue weighted by Gasteiger charge is -2.00. The van der Waals surface area contributed by atoms with Crippen LogP contribution in [0.5, 0.6) is 0 Å². The first-order valence-corrected chi connectivity index (χ1v) is 3.26. The normalized spacial score (nSPS) is 66.0. The number of epoxide rings is 1. The molecule has 0 radical (unpaired) electrons. The summed E-state index contributed by atoms with van der Waals surface area (Å²) >= 11 is 0. The van der Waals surface area contributed by atoms with E-state index in [4.69, 9.17) is 9.47 Å². The fourth-order valence-electron chi connectivity index (χ4n) is 1.91. The lowest BCUT2D eigenvalue weighted by molar-refractivity contribution is 0.0208. The van der Waals surface area contributed by atoms with Crippen molar-refractivity contribution in [2.45, 2.75) is 37.3 Å². The Morgan fingerprint density at radius 2 is 1.50 bits per heavy atom. The van der Waals surface area contributed by atoms with Gasteiger partial charge in [0.25, 0.3) is 0 Å². The Hall–Kier alpha value is -0.0800. The summed E-state index contributed by atoms with van der Waals surface area (Å²) < 4.78 is 10.8. The zero-order valence-corrected chi connectivity index (χ0v) is 4.54. The molecule has 0 aliphatic carbocycles. The first-order valence-electron chi connectivity index (χ1n) is 3.26. The highest BCUT2D eigenvalue weighted by atomic mass is 16.7. The van der Waals surface area contributed by atoms with E-state index in [1.807, 2.05) is 0 Å². The zero-order chi connectivity index (χ0) is 5.14. The summed E-state index contributed by atoms with van der Waals surface area (Å²) in [5, 5.41) is 0. The Balaban J connectivity index is 2.02. The van der Waals surface area contributed by atoms with Gasteiger partial charge in [0.1, 0.15) is 12.2 Å². The van der Waals surface area contributed by atoms with Gasteiger partial charge in [-0.3, -0.25) is 0 Å². The summed E-state index contributed by atoms with van der Waals surface area (Å²) in [4.78, 5) is 0. The van der Waals surface area contributed by atoms with Crippen molar-refractivity contribution in [3.05, 3.63) is 0 Å². The molecule has 0 aromatic rings. The third kappa shape index (κ3) is 0.273. The molecule has 0 aromatic heterocycles. The van der Waals surface area contributed by atoms with E-state index in [0.717, 1.165) is 0 Å². The third-order valence-electron chi connectivity index (χ3n) is 2.38. The zero-order valence-electron chi connectivity index (χ0n) is 4.54. The van der Waals surface area contributed by atoms with E-state index in [-0.39, 0.29) is 0 Å². The molecule has 8 heavy (non-hydrogen) atoms. The molecule has 3 aliphatic heterocycles. The fourth-order valence-corrected chi connectivity index (χ4v) is 1.91. The Morgan fingerprint density at radius 1 is 0.875 bits per heavy atom. The van der Waals surface area contributed by atoms with Crippen LogP contribution in [0.1, 0.15) is 12.8 Å².